The summed E-state index contributed by atoms with van der Waals surface area (Å²) < 4.78 is 25.7. The average molecular weight is 245 g/mol. The van der Waals surface area contributed by atoms with Crippen molar-refractivity contribution >= 4 is 11.9 Å². The molecule has 1 amide bonds. The monoisotopic (exact) mass is 245 g/mol. The van der Waals surface area contributed by atoms with Crippen molar-refractivity contribution in [1.29, 1.82) is 0 Å². The molecule has 0 spiro atoms. The van der Waals surface area contributed by atoms with Gasteiger partial charge in [0.25, 0.3) is 5.91 Å². The van der Waals surface area contributed by atoms with E-state index in [2.05, 4.69) is 5.32 Å². The third-order valence-corrected chi connectivity index (χ3v) is 1.93. The van der Waals surface area contributed by atoms with Crippen LogP contribution in [0.2, 0.25) is 0 Å². The molecule has 0 unspecified atom stereocenters. The summed E-state index contributed by atoms with van der Waals surface area (Å²) in [5.74, 6) is -5.10. The number of rotatable bonds is 4. The van der Waals surface area contributed by atoms with E-state index in [-0.39, 0.29) is 13.2 Å². The molecule has 0 saturated heterocycles. The highest BCUT2D eigenvalue weighted by atomic mass is 19.2. The van der Waals surface area contributed by atoms with Crippen molar-refractivity contribution in [3.8, 4) is 0 Å². The van der Waals surface area contributed by atoms with Gasteiger partial charge in [-0.2, -0.15) is 0 Å². The minimum absolute atomic E-state index is 0.114. The third-order valence-electron chi connectivity index (χ3n) is 1.93. The van der Waals surface area contributed by atoms with Crippen molar-refractivity contribution in [2.45, 2.75) is 0 Å². The topological polar surface area (TPSA) is 86.6 Å². The van der Waals surface area contributed by atoms with Crippen LogP contribution in [0, 0.1) is 11.6 Å². The fourth-order valence-corrected chi connectivity index (χ4v) is 1.18. The van der Waals surface area contributed by atoms with Crippen molar-refractivity contribution in [3.63, 3.8) is 0 Å². The number of benzene rings is 1. The SMILES string of the molecule is O=C(O)c1cc(F)c(F)cc1C(=O)NCCO. The molecule has 0 aliphatic heterocycles. The number of aliphatic hydroxyl groups is 1. The first kappa shape index (κ1) is 13.0. The van der Waals surface area contributed by atoms with Gasteiger partial charge in [-0.15, -0.1) is 0 Å². The number of aromatic carboxylic acids is 1. The quantitative estimate of drug-likeness (QED) is 0.716. The molecule has 0 radical (unpaired) electrons. The molecule has 0 heterocycles. The normalized spacial score (nSPS) is 10.1. The highest BCUT2D eigenvalue weighted by Crippen LogP contribution is 2.15. The van der Waals surface area contributed by atoms with Gasteiger partial charge in [-0.25, -0.2) is 13.6 Å². The number of amides is 1. The summed E-state index contributed by atoms with van der Waals surface area (Å²) >= 11 is 0. The summed E-state index contributed by atoms with van der Waals surface area (Å²) in [7, 11) is 0. The van der Waals surface area contributed by atoms with E-state index >= 15 is 0 Å². The minimum atomic E-state index is -1.54. The molecule has 0 fully saturated rings. The Kier molecular flexibility index (Phi) is 4.11. The molecule has 0 atom stereocenters. The lowest BCUT2D eigenvalue weighted by molar-refractivity contribution is 0.0690. The smallest absolute Gasteiger partial charge is 0.336 e. The standard InChI is InChI=1S/C10H9F2NO4/c11-7-3-5(9(15)13-1-2-14)6(10(16)17)4-8(7)12/h3-4,14H,1-2H2,(H,13,15)(H,16,17). The van der Waals surface area contributed by atoms with Crippen LogP contribution in [-0.2, 0) is 0 Å². The molecular formula is C10H9F2NO4. The number of carboxylic acid groups (broad SMARTS) is 1. The van der Waals surface area contributed by atoms with Gasteiger partial charge < -0.3 is 15.5 Å². The number of hydrogen-bond acceptors (Lipinski definition) is 3. The van der Waals surface area contributed by atoms with E-state index < -0.39 is 34.6 Å². The van der Waals surface area contributed by atoms with Gasteiger partial charge in [0.2, 0.25) is 0 Å². The zero-order valence-corrected chi connectivity index (χ0v) is 8.54. The summed E-state index contributed by atoms with van der Waals surface area (Å²) in [4.78, 5) is 22.2. The molecule has 0 aliphatic rings. The van der Waals surface area contributed by atoms with E-state index in [0.717, 1.165) is 0 Å². The number of halogens is 2. The molecule has 5 nitrogen and oxygen atoms in total. The maximum absolute atomic E-state index is 12.9. The highest BCUT2D eigenvalue weighted by molar-refractivity contribution is 6.04. The maximum atomic E-state index is 12.9. The first-order valence-corrected chi connectivity index (χ1v) is 4.58. The Hall–Kier alpha value is -2.02. The molecule has 17 heavy (non-hydrogen) atoms. The summed E-state index contributed by atoms with van der Waals surface area (Å²) in [5.41, 5.74) is -1.14. The van der Waals surface area contributed by atoms with Crippen LogP contribution in [0.5, 0.6) is 0 Å². The zero-order chi connectivity index (χ0) is 13.0. The Balaban J connectivity index is 3.16. The van der Waals surface area contributed by atoms with Crippen LogP contribution in [0.1, 0.15) is 20.7 Å². The van der Waals surface area contributed by atoms with E-state index in [0.29, 0.717) is 12.1 Å². The molecule has 1 aromatic rings. The molecule has 0 aliphatic carbocycles. The lowest BCUT2D eigenvalue weighted by Gasteiger charge is -2.07. The maximum Gasteiger partial charge on any atom is 0.336 e. The predicted molar refractivity (Wildman–Crippen MR) is 52.7 cm³/mol. The van der Waals surface area contributed by atoms with Crippen LogP contribution in [-0.4, -0.2) is 35.2 Å². The van der Waals surface area contributed by atoms with Gasteiger partial charge >= 0.3 is 5.97 Å². The van der Waals surface area contributed by atoms with Gasteiger partial charge in [0.15, 0.2) is 11.6 Å². The van der Waals surface area contributed by atoms with Crippen molar-refractivity contribution in [2.24, 2.45) is 0 Å². The van der Waals surface area contributed by atoms with Gasteiger partial charge in [-0.05, 0) is 12.1 Å². The minimum Gasteiger partial charge on any atom is -0.478 e. The van der Waals surface area contributed by atoms with Crippen LogP contribution in [0.3, 0.4) is 0 Å². The Morgan fingerprint density at radius 2 is 1.71 bits per heavy atom. The summed E-state index contributed by atoms with van der Waals surface area (Å²) in [5, 5.41) is 19.4. The fourth-order valence-electron chi connectivity index (χ4n) is 1.18. The van der Waals surface area contributed by atoms with E-state index in [4.69, 9.17) is 10.2 Å². The first-order valence-electron chi connectivity index (χ1n) is 4.58. The molecule has 3 N–H and O–H groups in total. The van der Waals surface area contributed by atoms with Crippen LogP contribution in [0.15, 0.2) is 12.1 Å². The molecule has 0 aromatic heterocycles. The summed E-state index contributed by atoms with van der Waals surface area (Å²) in [6.07, 6.45) is 0. The third kappa shape index (κ3) is 2.97. The molecule has 7 heteroatoms. The molecule has 1 rings (SSSR count). The van der Waals surface area contributed by atoms with Crippen LogP contribution < -0.4 is 5.32 Å². The number of aliphatic hydroxyl groups excluding tert-OH is 1. The zero-order valence-electron chi connectivity index (χ0n) is 8.54. The second-order valence-corrected chi connectivity index (χ2v) is 3.10. The van der Waals surface area contributed by atoms with E-state index in [1.165, 1.54) is 0 Å². The first-order chi connectivity index (χ1) is 7.97. The summed E-state index contributed by atoms with van der Waals surface area (Å²) in [6, 6.07) is 0.941. The van der Waals surface area contributed by atoms with Crippen LogP contribution >= 0.6 is 0 Å². The predicted octanol–water partition coefficient (Wildman–Crippen LogP) is 0.385. The number of hydrogen-bond donors (Lipinski definition) is 3. The van der Waals surface area contributed by atoms with Crippen LogP contribution in [0.25, 0.3) is 0 Å². The number of carbonyl (C=O) groups excluding carboxylic acids is 1. The fraction of sp³-hybridized carbons (Fsp3) is 0.200. The van der Waals surface area contributed by atoms with Crippen molar-refractivity contribution in [1.82, 2.24) is 5.32 Å². The van der Waals surface area contributed by atoms with Gasteiger partial charge in [0.1, 0.15) is 0 Å². The molecular weight excluding hydrogens is 236 g/mol. The van der Waals surface area contributed by atoms with E-state index in [1.807, 2.05) is 0 Å². The molecule has 92 valence electrons. The van der Waals surface area contributed by atoms with Crippen molar-refractivity contribution in [3.05, 3.63) is 34.9 Å². The Bertz CT molecular complexity index is 462. The van der Waals surface area contributed by atoms with Crippen LogP contribution in [0.4, 0.5) is 8.78 Å². The number of carbonyl (C=O) groups is 2. The molecule has 0 bridgehead atoms. The lowest BCUT2D eigenvalue weighted by atomic mass is 10.1. The second kappa shape index (κ2) is 5.35. The van der Waals surface area contributed by atoms with Crippen molar-refractivity contribution < 1.29 is 28.6 Å². The van der Waals surface area contributed by atoms with Gasteiger partial charge in [-0.1, -0.05) is 0 Å². The van der Waals surface area contributed by atoms with Gasteiger partial charge in [0.05, 0.1) is 17.7 Å². The molecule has 1 aromatic carbocycles. The summed E-state index contributed by atoms with van der Waals surface area (Å²) in [6.45, 7) is -0.464. The largest absolute Gasteiger partial charge is 0.478 e. The average Bonchev–Trinajstić information content (AvgIpc) is 2.28. The highest BCUT2D eigenvalue weighted by Gasteiger charge is 2.19. The molecule has 0 saturated carbocycles. The van der Waals surface area contributed by atoms with E-state index in [9.17, 15) is 18.4 Å². The van der Waals surface area contributed by atoms with E-state index in [1.54, 1.807) is 0 Å². The second-order valence-electron chi connectivity index (χ2n) is 3.10. The number of carboxylic acids is 1. The lowest BCUT2D eigenvalue weighted by Crippen LogP contribution is -2.28. The Morgan fingerprint density at radius 3 is 2.18 bits per heavy atom. The van der Waals surface area contributed by atoms with Gasteiger partial charge in [0, 0.05) is 6.54 Å². The number of nitrogens with one attached hydrogen (secondary N) is 1. The Labute approximate surface area is 94.7 Å². The van der Waals surface area contributed by atoms with Crippen molar-refractivity contribution in [2.75, 3.05) is 13.2 Å². The Morgan fingerprint density at radius 1 is 1.18 bits per heavy atom. The van der Waals surface area contributed by atoms with Gasteiger partial charge in [-0.3, -0.25) is 4.79 Å².